The lowest BCUT2D eigenvalue weighted by atomic mass is 10.2. The summed E-state index contributed by atoms with van der Waals surface area (Å²) < 4.78 is 0.730. The molecule has 0 saturated carbocycles. The van der Waals surface area contributed by atoms with Crippen LogP contribution >= 0.6 is 27.5 Å². The van der Waals surface area contributed by atoms with Crippen LogP contribution in [0.25, 0.3) is 0 Å². The number of aliphatic hydroxyl groups is 1. The Labute approximate surface area is 120 Å². The van der Waals surface area contributed by atoms with Crippen molar-refractivity contribution in [2.24, 2.45) is 0 Å². The molecular formula is C12H16BrClN2O2. The Morgan fingerprint density at radius 3 is 2.89 bits per heavy atom. The van der Waals surface area contributed by atoms with E-state index in [2.05, 4.69) is 26.6 Å². The molecule has 0 radical (unpaired) electrons. The van der Waals surface area contributed by atoms with Crippen LogP contribution in [0.4, 0.5) is 10.5 Å². The Hall–Kier alpha value is -0.780. The second-order valence-electron chi connectivity index (χ2n) is 3.99. The number of nitrogens with one attached hydrogen (secondary N) is 2. The van der Waals surface area contributed by atoms with Crippen molar-refractivity contribution in [2.45, 2.75) is 25.8 Å². The molecule has 0 aromatic heterocycles. The van der Waals surface area contributed by atoms with Gasteiger partial charge >= 0.3 is 6.03 Å². The number of hydrogen-bond donors (Lipinski definition) is 3. The molecular weight excluding hydrogens is 320 g/mol. The van der Waals surface area contributed by atoms with Crippen LogP contribution in [0.15, 0.2) is 22.7 Å². The van der Waals surface area contributed by atoms with E-state index in [0.29, 0.717) is 17.1 Å². The number of carbonyl (C=O) groups is 1. The molecule has 0 bridgehead atoms. The lowest BCUT2D eigenvalue weighted by molar-refractivity contribution is 0.245. The summed E-state index contributed by atoms with van der Waals surface area (Å²) in [6.45, 7) is 2.03. The first-order chi connectivity index (χ1) is 8.52. The fourth-order valence-corrected chi connectivity index (χ4v) is 2.22. The summed E-state index contributed by atoms with van der Waals surface area (Å²) in [4.78, 5) is 11.7. The Bertz CT molecular complexity index is 415. The molecule has 3 N–H and O–H groups in total. The second-order valence-corrected chi connectivity index (χ2v) is 5.28. The third kappa shape index (κ3) is 5.25. The first-order valence-corrected chi connectivity index (χ1v) is 6.83. The van der Waals surface area contributed by atoms with E-state index in [-0.39, 0.29) is 18.7 Å². The van der Waals surface area contributed by atoms with Crippen LogP contribution in [0, 0.1) is 0 Å². The zero-order valence-electron chi connectivity index (χ0n) is 10.0. The third-order valence-electron chi connectivity index (χ3n) is 2.35. The molecule has 6 heteroatoms. The average Bonchev–Trinajstić information content (AvgIpc) is 2.30. The van der Waals surface area contributed by atoms with Gasteiger partial charge < -0.3 is 15.7 Å². The number of hydrogen-bond acceptors (Lipinski definition) is 2. The van der Waals surface area contributed by atoms with Gasteiger partial charge in [-0.1, -0.05) is 11.6 Å². The number of rotatable bonds is 5. The molecule has 1 aromatic carbocycles. The van der Waals surface area contributed by atoms with Gasteiger partial charge in [0.1, 0.15) is 0 Å². The van der Waals surface area contributed by atoms with Gasteiger partial charge in [0.05, 0.1) is 5.69 Å². The first-order valence-electron chi connectivity index (χ1n) is 5.66. The predicted octanol–water partition coefficient (Wildman–Crippen LogP) is 3.39. The van der Waals surface area contributed by atoms with E-state index in [1.54, 1.807) is 18.2 Å². The van der Waals surface area contributed by atoms with Crippen LogP contribution < -0.4 is 10.6 Å². The summed E-state index contributed by atoms with van der Waals surface area (Å²) in [5.74, 6) is 0. The molecule has 18 heavy (non-hydrogen) atoms. The van der Waals surface area contributed by atoms with Crippen LogP contribution in [-0.4, -0.2) is 23.8 Å². The maximum atomic E-state index is 11.7. The van der Waals surface area contributed by atoms with Crippen molar-refractivity contribution in [1.29, 1.82) is 0 Å². The summed E-state index contributed by atoms with van der Waals surface area (Å²) >= 11 is 9.14. The van der Waals surface area contributed by atoms with Crippen LogP contribution in [0.2, 0.25) is 5.02 Å². The van der Waals surface area contributed by atoms with E-state index in [0.717, 1.165) is 10.9 Å². The molecule has 4 nitrogen and oxygen atoms in total. The van der Waals surface area contributed by atoms with Crippen molar-refractivity contribution < 1.29 is 9.90 Å². The average molecular weight is 336 g/mol. The molecule has 0 heterocycles. The lowest BCUT2D eigenvalue weighted by Crippen LogP contribution is -2.36. The number of amides is 2. The zero-order chi connectivity index (χ0) is 13.5. The Morgan fingerprint density at radius 1 is 1.56 bits per heavy atom. The zero-order valence-corrected chi connectivity index (χ0v) is 12.4. The Kier molecular flexibility index (Phi) is 6.46. The summed E-state index contributed by atoms with van der Waals surface area (Å²) in [7, 11) is 0. The fraction of sp³-hybridized carbons (Fsp3) is 0.417. The number of anilines is 1. The van der Waals surface area contributed by atoms with Gasteiger partial charge in [-0.15, -0.1) is 0 Å². The van der Waals surface area contributed by atoms with Crippen LogP contribution in [0.5, 0.6) is 0 Å². The highest BCUT2D eigenvalue weighted by atomic mass is 79.9. The Morgan fingerprint density at radius 2 is 2.28 bits per heavy atom. The summed E-state index contributed by atoms with van der Waals surface area (Å²) in [6.07, 6.45) is 1.41. The minimum absolute atomic E-state index is 0.0169. The van der Waals surface area contributed by atoms with E-state index < -0.39 is 0 Å². The molecule has 0 spiro atoms. The number of benzene rings is 1. The van der Waals surface area contributed by atoms with Crippen molar-refractivity contribution in [3.8, 4) is 0 Å². The predicted molar refractivity (Wildman–Crippen MR) is 77.1 cm³/mol. The van der Waals surface area contributed by atoms with Crippen LogP contribution in [-0.2, 0) is 0 Å². The summed E-state index contributed by atoms with van der Waals surface area (Å²) in [6, 6.07) is 4.89. The molecule has 1 unspecified atom stereocenters. The van der Waals surface area contributed by atoms with Crippen molar-refractivity contribution >= 4 is 39.2 Å². The lowest BCUT2D eigenvalue weighted by Gasteiger charge is -2.14. The first kappa shape index (κ1) is 15.3. The molecule has 1 atom stereocenters. The smallest absolute Gasteiger partial charge is 0.319 e. The topological polar surface area (TPSA) is 61.4 Å². The molecule has 100 valence electrons. The van der Waals surface area contributed by atoms with Gasteiger partial charge in [0.15, 0.2) is 0 Å². The van der Waals surface area contributed by atoms with Gasteiger partial charge in [-0.05, 0) is 53.9 Å². The number of carbonyl (C=O) groups excluding carboxylic acids is 1. The van der Waals surface area contributed by atoms with Crippen molar-refractivity contribution in [2.75, 3.05) is 11.9 Å². The highest BCUT2D eigenvalue weighted by Crippen LogP contribution is 2.25. The standard InChI is InChI=1S/C12H16BrClN2O2/c1-8(3-2-6-17)15-12(18)16-11-5-4-9(14)7-10(11)13/h4-5,7-8,17H,2-3,6H2,1H3,(H2,15,16,18). The number of urea groups is 1. The highest BCUT2D eigenvalue weighted by molar-refractivity contribution is 9.10. The SMILES string of the molecule is CC(CCCO)NC(=O)Nc1ccc(Cl)cc1Br. The normalized spacial score (nSPS) is 12.0. The molecule has 1 aromatic rings. The van der Waals surface area contributed by atoms with E-state index in [9.17, 15) is 4.79 Å². The van der Waals surface area contributed by atoms with E-state index in [1.165, 1.54) is 0 Å². The van der Waals surface area contributed by atoms with Crippen molar-refractivity contribution in [3.05, 3.63) is 27.7 Å². The molecule has 1 rings (SSSR count). The second kappa shape index (κ2) is 7.61. The molecule has 0 fully saturated rings. The summed E-state index contributed by atoms with van der Waals surface area (Å²) in [5, 5.41) is 14.8. The largest absolute Gasteiger partial charge is 0.396 e. The minimum Gasteiger partial charge on any atom is -0.396 e. The molecule has 0 aliphatic rings. The maximum Gasteiger partial charge on any atom is 0.319 e. The van der Waals surface area contributed by atoms with E-state index in [4.69, 9.17) is 16.7 Å². The number of halogens is 2. The Balaban J connectivity index is 2.49. The van der Waals surface area contributed by atoms with Gasteiger partial charge in [0.25, 0.3) is 0 Å². The molecule has 0 aliphatic carbocycles. The van der Waals surface area contributed by atoms with Gasteiger partial charge in [0.2, 0.25) is 0 Å². The van der Waals surface area contributed by atoms with E-state index in [1.807, 2.05) is 6.92 Å². The molecule has 2 amide bonds. The van der Waals surface area contributed by atoms with Gasteiger partial charge in [-0.25, -0.2) is 4.79 Å². The van der Waals surface area contributed by atoms with Gasteiger partial charge in [-0.2, -0.15) is 0 Å². The third-order valence-corrected chi connectivity index (χ3v) is 3.24. The van der Waals surface area contributed by atoms with Gasteiger partial charge in [-0.3, -0.25) is 0 Å². The number of aliphatic hydroxyl groups excluding tert-OH is 1. The molecule has 0 saturated heterocycles. The molecule has 0 aliphatic heterocycles. The van der Waals surface area contributed by atoms with Crippen LogP contribution in [0.1, 0.15) is 19.8 Å². The maximum absolute atomic E-state index is 11.7. The highest BCUT2D eigenvalue weighted by Gasteiger charge is 2.08. The van der Waals surface area contributed by atoms with Crippen molar-refractivity contribution in [3.63, 3.8) is 0 Å². The summed E-state index contributed by atoms with van der Waals surface area (Å²) in [5.41, 5.74) is 0.659. The monoisotopic (exact) mass is 334 g/mol. The quantitative estimate of drug-likeness (QED) is 0.772. The van der Waals surface area contributed by atoms with E-state index >= 15 is 0 Å². The van der Waals surface area contributed by atoms with Crippen LogP contribution in [0.3, 0.4) is 0 Å². The van der Waals surface area contributed by atoms with Crippen molar-refractivity contribution in [1.82, 2.24) is 5.32 Å². The van der Waals surface area contributed by atoms with Gasteiger partial charge in [0, 0.05) is 22.1 Å². The minimum atomic E-state index is -0.275. The fourth-order valence-electron chi connectivity index (χ4n) is 1.44.